The van der Waals surface area contributed by atoms with E-state index in [4.69, 9.17) is 0 Å². The molecule has 1 N–H and O–H groups in total. The molecule has 0 saturated carbocycles. The van der Waals surface area contributed by atoms with Crippen LogP contribution in [-0.2, 0) is 4.79 Å². The van der Waals surface area contributed by atoms with Crippen LogP contribution in [-0.4, -0.2) is 28.6 Å². The number of hydrogen-bond donors (Lipinski definition) is 1. The standard InChI is InChI=1S/C23H21F2NO2/c24-18-10-11-19(20(25)14-18)22(26-12-4-3-7-21(26)23(27)28)17-9-8-15-5-1-2-6-16(15)13-17/h1-2,5-6,8-11,13-14,21-22H,3-4,7,12H2,(H,27,28). The van der Waals surface area contributed by atoms with Crippen molar-refractivity contribution in [3.05, 3.63) is 83.4 Å². The van der Waals surface area contributed by atoms with Crippen molar-refractivity contribution in [1.82, 2.24) is 4.90 Å². The molecule has 4 rings (SSSR count). The first-order chi connectivity index (χ1) is 13.5. The van der Waals surface area contributed by atoms with E-state index in [1.165, 1.54) is 12.1 Å². The number of nitrogens with zero attached hydrogens (tertiary/aromatic N) is 1. The molecule has 0 radical (unpaired) electrons. The molecule has 0 bridgehead atoms. The number of carboxylic acids is 1. The number of carbonyl (C=O) groups is 1. The van der Waals surface area contributed by atoms with E-state index < -0.39 is 29.7 Å². The first-order valence-electron chi connectivity index (χ1n) is 9.47. The van der Waals surface area contributed by atoms with E-state index in [1.807, 2.05) is 47.4 Å². The maximum Gasteiger partial charge on any atom is 0.320 e. The van der Waals surface area contributed by atoms with Gasteiger partial charge in [0.2, 0.25) is 0 Å². The molecule has 3 aromatic carbocycles. The van der Waals surface area contributed by atoms with E-state index in [2.05, 4.69) is 0 Å². The number of rotatable bonds is 4. The van der Waals surface area contributed by atoms with Gasteiger partial charge in [-0.15, -0.1) is 0 Å². The Morgan fingerprint density at radius 1 is 1.00 bits per heavy atom. The second kappa shape index (κ2) is 7.68. The minimum absolute atomic E-state index is 0.296. The number of fused-ring (bicyclic) bond motifs is 1. The Morgan fingerprint density at radius 2 is 1.79 bits per heavy atom. The van der Waals surface area contributed by atoms with Crippen molar-refractivity contribution in [2.45, 2.75) is 31.3 Å². The lowest BCUT2D eigenvalue weighted by Gasteiger charge is -2.39. The number of carboxylic acid groups (broad SMARTS) is 1. The molecule has 3 aromatic rings. The molecular weight excluding hydrogens is 360 g/mol. The molecule has 0 amide bonds. The second-order valence-electron chi connectivity index (χ2n) is 7.26. The van der Waals surface area contributed by atoms with Crippen LogP contribution < -0.4 is 0 Å². The zero-order chi connectivity index (χ0) is 19.7. The lowest BCUT2D eigenvalue weighted by molar-refractivity contribution is -0.145. The maximum atomic E-state index is 14.8. The van der Waals surface area contributed by atoms with Gasteiger partial charge in [0.15, 0.2) is 0 Å². The molecule has 1 fully saturated rings. The molecule has 0 aliphatic carbocycles. The highest BCUT2D eigenvalue weighted by atomic mass is 19.1. The summed E-state index contributed by atoms with van der Waals surface area (Å²) in [7, 11) is 0. The van der Waals surface area contributed by atoms with Crippen molar-refractivity contribution in [3.8, 4) is 0 Å². The van der Waals surface area contributed by atoms with Crippen LogP contribution in [0.4, 0.5) is 8.78 Å². The SMILES string of the molecule is O=C(O)C1CCCCN1C(c1ccc2ccccc2c1)c1ccc(F)cc1F. The molecule has 5 heteroatoms. The van der Waals surface area contributed by atoms with Crippen LogP contribution in [0.3, 0.4) is 0 Å². The minimum atomic E-state index is -0.909. The number of piperidine rings is 1. The average molecular weight is 381 g/mol. The molecule has 1 aliphatic rings. The van der Waals surface area contributed by atoms with Crippen molar-refractivity contribution in [1.29, 1.82) is 0 Å². The minimum Gasteiger partial charge on any atom is -0.480 e. The topological polar surface area (TPSA) is 40.5 Å². The van der Waals surface area contributed by atoms with E-state index >= 15 is 0 Å². The van der Waals surface area contributed by atoms with E-state index in [-0.39, 0.29) is 0 Å². The van der Waals surface area contributed by atoms with Crippen molar-refractivity contribution >= 4 is 16.7 Å². The smallest absolute Gasteiger partial charge is 0.320 e. The summed E-state index contributed by atoms with van der Waals surface area (Å²) in [5.41, 5.74) is 1.10. The third-order valence-electron chi connectivity index (χ3n) is 5.51. The summed E-state index contributed by atoms with van der Waals surface area (Å²) in [6.45, 7) is 0.547. The van der Waals surface area contributed by atoms with Gasteiger partial charge in [-0.05, 0) is 47.9 Å². The van der Waals surface area contributed by atoms with Gasteiger partial charge in [-0.25, -0.2) is 8.78 Å². The quantitative estimate of drug-likeness (QED) is 0.680. The predicted octanol–water partition coefficient (Wildman–Crippen LogP) is 5.15. The largest absolute Gasteiger partial charge is 0.480 e. The molecule has 3 nitrogen and oxygen atoms in total. The monoisotopic (exact) mass is 381 g/mol. The number of likely N-dealkylation sites (tertiary alicyclic amines) is 1. The molecule has 1 heterocycles. The van der Waals surface area contributed by atoms with Crippen molar-refractivity contribution in [2.75, 3.05) is 6.54 Å². The molecule has 0 spiro atoms. The summed E-state index contributed by atoms with van der Waals surface area (Å²) in [5.74, 6) is -2.21. The Bertz CT molecular complexity index is 1020. The highest BCUT2D eigenvalue weighted by molar-refractivity contribution is 5.83. The molecule has 1 saturated heterocycles. The molecule has 144 valence electrons. The van der Waals surface area contributed by atoms with Gasteiger partial charge in [0.1, 0.15) is 17.7 Å². The van der Waals surface area contributed by atoms with E-state index in [0.717, 1.165) is 35.2 Å². The molecule has 28 heavy (non-hydrogen) atoms. The molecule has 2 atom stereocenters. The van der Waals surface area contributed by atoms with Gasteiger partial charge in [-0.3, -0.25) is 9.69 Å². The van der Waals surface area contributed by atoms with Gasteiger partial charge in [0.05, 0.1) is 6.04 Å². The van der Waals surface area contributed by atoms with Crippen molar-refractivity contribution < 1.29 is 18.7 Å². The Labute approximate surface area is 162 Å². The molecule has 1 aliphatic heterocycles. The number of benzene rings is 3. The van der Waals surface area contributed by atoms with E-state index in [1.54, 1.807) is 0 Å². The molecule has 0 aromatic heterocycles. The summed E-state index contributed by atoms with van der Waals surface area (Å²) in [6, 6.07) is 15.9. The number of hydrogen-bond acceptors (Lipinski definition) is 2. The van der Waals surface area contributed by atoms with E-state index in [0.29, 0.717) is 18.5 Å². The van der Waals surface area contributed by atoms with E-state index in [9.17, 15) is 18.7 Å². The normalized spacial score (nSPS) is 18.9. The lowest BCUT2D eigenvalue weighted by atomic mass is 9.90. The van der Waals surface area contributed by atoms with Gasteiger partial charge < -0.3 is 5.11 Å². The Hall–Kier alpha value is -2.79. The second-order valence-corrected chi connectivity index (χ2v) is 7.26. The van der Waals surface area contributed by atoms with Crippen LogP contribution in [0.15, 0.2) is 60.7 Å². The number of halogens is 2. The summed E-state index contributed by atoms with van der Waals surface area (Å²) in [5, 5.41) is 11.8. The van der Waals surface area contributed by atoms with Crippen LogP contribution in [0, 0.1) is 11.6 Å². The van der Waals surface area contributed by atoms with Gasteiger partial charge in [-0.1, -0.05) is 48.9 Å². The van der Waals surface area contributed by atoms with Crippen LogP contribution >= 0.6 is 0 Å². The Kier molecular flexibility index (Phi) is 5.09. The highest BCUT2D eigenvalue weighted by Gasteiger charge is 2.36. The average Bonchev–Trinajstić information content (AvgIpc) is 2.70. The fourth-order valence-corrected chi connectivity index (χ4v) is 4.18. The summed E-state index contributed by atoms with van der Waals surface area (Å²) in [4.78, 5) is 13.7. The van der Waals surface area contributed by atoms with Crippen LogP contribution in [0.1, 0.15) is 36.4 Å². The summed E-state index contributed by atoms with van der Waals surface area (Å²) >= 11 is 0. The maximum absolute atomic E-state index is 14.8. The molecular formula is C23H21F2NO2. The highest BCUT2D eigenvalue weighted by Crippen LogP contribution is 2.36. The van der Waals surface area contributed by atoms with Gasteiger partial charge in [0.25, 0.3) is 0 Å². The van der Waals surface area contributed by atoms with Crippen LogP contribution in [0.25, 0.3) is 10.8 Å². The Morgan fingerprint density at radius 3 is 2.54 bits per heavy atom. The van der Waals surface area contributed by atoms with Gasteiger partial charge in [-0.2, -0.15) is 0 Å². The predicted molar refractivity (Wildman–Crippen MR) is 104 cm³/mol. The van der Waals surface area contributed by atoms with Crippen molar-refractivity contribution in [3.63, 3.8) is 0 Å². The Balaban J connectivity index is 1.88. The zero-order valence-electron chi connectivity index (χ0n) is 15.3. The lowest BCUT2D eigenvalue weighted by Crippen LogP contribution is -2.47. The third kappa shape index (κ3) is 3.50. The fraction of sp³-hybridized carbons (Fsp3) is 0.261. The zero-order valence-corrected chi connectivity index (χ0v) is 15.3. The first kappa shape index (κ1) is 18.6. The summed E-state index contributed by atoms with van der Waals surface area (Å²) < 4.78 is 28.3. The van der Waals surface area contributed by atoms with Crippen molar-refractivity contribution in [2.24, 2.45) is 0 Å². The van der Waals surface area contributed by atoms with Gasteiger partial charge >= 0.3 is 5.97 Å². The number of aliphatic carboxylic acids is 1. The van der Waals surface area contributed by atoms with Crippen LogP contribution in [0.5, 0.6) is 0 Å². The van der Waals surface area contributed by atoms with Crippen LogP contribution in [0.2, 0.25) is 0 Å². The third-order valence-corrected chi connectivity index (χ3v) is 5.51. The molecule has 2 unspecified atom stereocenters. The summed E-state index contributed by atoms with van der Waals surface area (Å²) in [6.07, 6.45) is 2.18. The van der Waals surface area contributed by atoms with Gasteiger partial charge in [0, 0.05) is 11.6 Å². The fourth-order valence-electron chi connectivity index (χ4n) is 4.18. The first-order valence-corrected chi connectivity index (χ1v) is 9.47.